The summed E-state index contributed by atoms with van der Waals surface area (Å²) < 4.78 is 5.46. The Balaban J connectivity index is 1.85. The SMILES string of the molecule is COc1ccc(C(C)N[C@@H]2C=C[C@H](CO)C2)c2ccccc12. The lowest BCUT2D eigenvalue weighted by atomic mass is 9.98. The van der Waals surface area contributed by atoms with Gasteiger partial charge in [-0.1, -0.05) is 42.5 Å². The highest BCUT2D eigenvalue weighted by Gasteiger charge is 2.21. The van der Waals surface area contributed by atoms with Crippen LogP contribution in [-0.4, -0.2) is 24.9 Å². The molecule has 0 aromatic heterocycles. The largest absolute Gasteiger partial charge is 0.496 e. The molecule has 3 atom stereocenters. The second-order valence-electron chi connectivity index (χ2n) is 5.96. The quantitative estimate of drug-likeness (QED) is 0.831. The lowest BCUT2D eigenvalue weighted by Crippen LogP contribution is -2.29. The van der Waals surface area contributed by atoms with E-state index in [-0.39, 0.29) is 18.6 Å². The molecule has 2 aromatic rings. The van der Waals surface area contributed by atoms with Crippen LogP contribution in [0.15, 0.2) is 48.6 Å². The van der Waals surface area contributed by atoms with E-state index in [9.17, 15) is 5.11 Å². The molecule has 22 heavy (non-hydrogen) atoms. The van der Waals surface area contributed by atoms with Crippen molar-refractivity contribution in [2.45, 2.75) is 25.4 Å². The number of hydrogen-bond donors (Lipinski definition) is 2. The van der Waals surface area contributed by atoms with E-state index in [1.807, 2.05) is 12.1 Å². The highest BCUT2D eigenvalue weighted by Crippen LogP contribution is 2.32. The van der Waals surface area contributed by atoms with Crippen molar-refractivity contribution in [3.63, 3.8) is 0 Å². The van der Waals surface area contributed by atoms with E-state index in [0.717, 1.165) is 17.6 Å². The molecule has 2 aromatic carbocycles. The van der Waals surface area contributed by atoms with E-state index < -0.39 is 0 Å². The minimum absolute atomic E-state index is 0.231. The maximum atomic E-state index is 9.24. The number of methoxy groups -OCH3 is 1. The first kappa shape index (κ1) is 15.1. The van der Waals surface area contributed by atoms with Crippen molar-refractivity contribution in [3.8, 4) is 5.75 Å². The average Bonchev–Trinajstić information content (AvgIpc) is 3.01. The Morgan fingerprint density at radius 1 is 1.18 bits per heavy atom. The molecule has 0 bridgehead atoms. The normalized spacial score (nSPS) is 22.1. The maximum Gasteiger partial charge on any atom is 0.126 e. The van der Waals surface area contributed by atoms with Crippen LogP contribution in [0.5, 0.6) is 5.75 Å². The fraction of sp³-hybridized carbons (Fsp3) is 0.368. The summed E-state index contributed by atoms with van der Waals surface area (Å²) in [6.45, 7) is 2.42. The zero-order valence-corrected chi connectivity index (χ0v) is 13.1. The van der Waals surface area contributed by atoms with Crippen LogP contribution in [0.1, 0.15) is 24.9 Å². The molecule has 0 fully saturated rings. The number of aliphatic hydroxyl groups is 1. The van der Waals surface area contributed by atoms with E-state index in [1.165, 1.54) is 10.9 Å². The van der Waals surface area contributed by atoms with Gasteiger partial charge in [0.25, 0.3) is 0 Å². The van der Waals surface area contributed by atoms with E-state index in [0.29, 0.717) is 6.04 Å². The van der Waals surface area contributed by atoms with Crippen LogP contribution in [-0.2, 0) is 0 Å². The van der Waals surface area contributed by atoms with Crippen LogP contribution < -0.4 is 10.1 Å². The zero-order chi connectivity index (χ0) is 15.5. The van der Waals surface area contributed by atoms with Gasteiger partial charge in [-0.25, -0.2) is 0 Å². The summed E-state index contributed by atoms with van der Waals surface area (Å²) in [6.07, 6.45) is 5.24. The van der Waals surface area contributed by atoms with Crippen molar-refractivity contribution in [1.82, 2.24) is 5.32 Å². The molecule has 3 rings (SSSR count). The van der Waals surface area contributed by atoms with E-state index in [1.54, 1.807) is 7.11 Å². The Morgan fingerprint density at radius 3 is 2.64 bits per heavy atom. The Hall–Kier alpha value is -1.84. The van der Waals surface area contributed by atoms with Gasteiger partial charge in [0.2, 0.25) is 0 Å². The second kappa shape index (κ2) is 6.51. The number of hydrogen-bond acceptors (Lipinski definition) is 3. The van der Waals surface area contributed by atoms with Gasteiger partial charge in [0.05, 0.1) is 7.11 Å². The molecule has 0 saturated carbocycles. The zero-order valence-electron chi connectivity index (χ0n) is 13.1. The molecule has 116 valence electrons. The van der Waals surface area contributed by atoms with Crippen molar-refractivity contribution >= 4 is 10.8 Å². The van der Waals surface area contributed by atoms with Crippen LogP contribution in [0.4, 0.5) is 0 Å². The highest BCUT2D eigenvalue weighted by molar-refractivity contribution is 5.91. The van der Waals surface area contributed by atoms with Crippen LogP contribution >= 0.6 is 0 Å². The standard InChI is InChI=1S/C19H23NO2/c1-13(20-15-8-7-14(11-15)12-21)16-9-10-19(22-2)18-6-4-3-5-17(16)18/h3-10,13-15,20-21H,11-12H2,1-2H3/t13?,14-,15+/m0/s1. The number of nitrogens with one attached hydrogen (secondary N) is 1. The van der Waals surface area contributed by atoms with Gasteiger partial charge in [-0.2, -0.15) is 0 Å². The third-order valence-electron chi connectivity index (χ3n) is 4.48. The number of rotatable bonds is 5. The Kier molecular flexibility index (Phi) is 4.46. The molecule has 2 N–H and O–H groups in total. The average molecular weight is 297 g/mol. The van der Waals surface area contributed by atoms with Crippen LogP contribution in [0.25, 0.3) is 10.8 Å². The van der Waals surface area contributed by atoms with Gasteiger partial charge < -0.3 is 15.2 Å². The second-order valence-corrected chi connectivity index (χ2v) is 5.96. The van der Waals surface area contributed by atoms with Gasteiger partial charge in [-0.3, -0.25) is 0 Å². The smallest absolute Gasteiger partial charge is 0.126 e. The van der Waals surface area contributed by atoms with Crippen LogP contribution in [0.3, 0.4) is 0 Å². The number of ether oxygens (including phenoxy) is 1. The fourth-order valence-electron chi connectivity index (χ4n) is 3.29. The summed E-state index contributed by atoms with van der Waals surface area (Å²) in [5.41, 5.74) is 1.28. The van der Waals surface area contributed by atoms with Crippen molar-refractivity contribution in [2.24, 2.45) is 5.92 Å². The number of aliphatic hydroxyl groups excluding tert-OH is 1. The summed E-state index contributed by atoms with van der Waals surface area (Å²) in [4.78, 5) is 0. The van der Waals surface area contributed by atoms with Gasteiger partial charge in [-0.15, -0.1) is 0 Å². The molecule has 0 heterocycles. The maximum absolute atomic E-state index is 9.24. The molecule has 1 aliphatic rings. The van der Waals surface area contributed by atoms with E-state index >= 15 is 0 Å². The summed E-state index contributed by atoms with van der Waals surface area (Å²) in [6, 6.07) is 13.1. The molecular weight excluding hydrogens is 274 g/mol. The van der Waals surface area contributed by atoms with Crippen molar-refractivity contribution < 1.29 is 9.84 Å². The molecule has 1 unspecified atom stereocenters. The van der Waals surface area contributed by atoms with E-state index in [2.05, 4.69) is 48.7 Å². The van der Waals surface area contributed by atoms with Crippen molar-refractivity contribution in [1.29, 1.82) is 0 Å². The number of fused-ring (bicyclic) bond motifs is 1. The van der Waals surface area contributed by atoms with E-state index in [4.69, 9.17) is 4.74 Å². The number of benzene rings is 2. The Labute approximate surface area is 131 Å². The van der Waals surface area contributed by atoms with Gasteiger partial charge in [0, 0.05) is 30.0 Å². The Bertz CT molecular complexity index is 680. The molecule has 0 spiro atoms. The fourth-order valence-corrected chi connectivity index (χ4v) is 3.29. The highest BCUT2D eigenvalue weighted by atomic mass is 16.5. The van der Waals surface area contributed by atoms with Crippen molar-refractivity contribution in [3.05, 3.63) is 54.1 Å². The molecule has 0 amide bonds. The molecule has 0 radical (unpaired) electrons. The minimum atomic E-state index is 0.231. The summed E-state index contributed by atoms with van der Waals surface area (Å²) in [5, 5.41) is 15.3. The van der Waals surface area contributed by atoms with Gasteiger partial charge in [-0.05, 0) is 30.4 Å². The van der Waals surface area contributed by atoms with Crippen molar-refractivity contribution in [2.75, 3.05) is 13.7 Å². The summed E-state index contributed by atoms with van der Waals surface area (Å²) in [7, 11) is 1.71. The third-order valence-corrected chi connectivity index (χ3v) is 4.48. The predicted octanol–water partition coefficient (Wildman–Crippen LogP) is 3.44. The molecule has 0 aliphatic heterocycles. The van der Waals surface area contributed by atoms with Crippen LogP contribution in [0, 0.1) is 5.92 Å². The molecule has 3 nitrogen and oxygen atoms in total. The minimum Gasteiger partial charge on any atom is -0.496 e. The predicted molar refractivity (Wildman–Crippen MR) is 90.2 cm³/mol. The van der Waals surface area contributed by atoms with Crippen LogP contribution in [0.2, 0.25) is 0 Å². The van der Waals surface area contributed by atoms with Gasteiger partial charge >= 0.3 is 0 Å². The molecule has 1 aliphatic carbocycles. The summed E-state index contributed by atoms with van der Waals surface area (Å²) in [5.74, 6) is 1.20. The third kappa shape index (κ3) is 2.87. The Morgan fingerprint density at radius 2 is 1.95 bits per heavy atom. The summed E-state index contributed by atoms with van der Waals surface area (Å²) >= 11 is 0. The lowest BCUT2D eigenvalue weighted by molar-refractivity contribution is 0.245. The van der Waals surface area contributed by atoms with Gasteiger partial charge in [0.1, 0.15) is 5.75 Å². The first-order valence-corrected chi connectivity index (χ1v) is 7.83. The first-order chi connectivity index (χ1) is 10.7. The van der Waals surface area contributed by atoms with Gasteiger partial charge in [0.15, 0.2) is 0 Å². The molecule has 3 heteroatoms. The molecule has 0 saturated heterocycles. The first-order valence-electron chi connectivity index (χ1n) is 7.83. The molecular formula is C19H23NO2. The lowest BCUT2D eigenvalue weighted by Gasteiger charge is -2.21. The monoisotopic (exact) mass is 297 g/mol. The topological polar surface area (TPSA) is 41.5 Å².